The van der Waals surface area contributed by atoms with Crippen molar-refractivity contribution in [2.24, 2.45) is 23.2 Å². The first kappa shape index (κ1) is 19.6. The minimum atomic E-state index is -1.95. The Balaban J connectivity index is 3.17. The fourth-order valence-electron chi connectivity index (χ4n) is 3.33. The van der Waals surface area contributed by atoms with Gasteiger partial charge in [-0.25, -0.2) is 0 Å². The van der Waals surface area contributed by atoms with Gasteiger partial charge in [-0.15, -0.1) is 0 Å². The van der Waals surface area contributed by atoms with Gasteiger partial charge in [0.2, 0.25) is 0 Å². The summed E-state index contributed by atoms with van der Waals surface area (Å²) >= 11 is 0. The van der Waals surface area contributed by atoms with E-state index < -0.39 is 13.7 Å². The lowest BCUT2D eigenvalue weighted by Gasteiger charge is -2.51. The molecule has 3 nitrogen and oxygen atoms in total. The van der Waals surface area contributed by atoms with E-state index in [2.05, 4.69) is 40.8 Å². The number of carbonyl (C=O) groups excluding carboxylic acids is 2. The van der Waals surface area contributed by atoms with Gasteiger partial charge in [-0.3, -0.25) is 9.59 Å². The van der Waals surface area contributed by atoms with Gasteiger partial charge in [0, 0.05) is 5.92 Å². The van der Waals surface area contributed by atoms with Gasteiger partial charge in [0.05, 0.1) is 11.5 Å². The fraction of sp³-hybridized carbons (Fsp3) is 0.889. The van der Waals surface area contributed by atoms with Crippen molar-refractivity contribution in [3.8, 4) is 0 Å². The van der Waals surface area contributed by atoms with Gasteiger partial charge in [0.15, 0.2) is 14.1 Å². The standard InChI is InChI=1S/C18H34O3Si/c1-11-13(3)18(8,14(4)19)16(20)12(2)15(11)21-22(9,10)17(5,6)7/h11-13,15H,1-10H3/t11-,12-,13+,15+,18-/m0/s1. The molecule has 0 amide bonds. The number of Topliss-reactive ketones (excluding diaryl/α,β-unsaturated/α-hetero) is 2. The zero-order chi connectivity index (χ0) is 17.7. The molecular weight excluding hydrogens is 292 g/mol. The average molecular weight is 327 g/mol. The third-order valence-corrected chi connectivity index (χ3v) is 11.1. The Hall–Kier alpha value is -0.483. The van der Waals surface area contributed by atoms with E-state index in [1.165, 1.54) is 0 Å². The van der Waals surface area contributed by atoms with Crippen LogP contribution in [0.15, 0.2) is 0 Å². The number of ketones is 2. The van der Waals surface area contributed by atoms with Crippen LogP contribution in [0.4, 0.5) is 0 Å². The summed E-state index contributed by atoms with van der Waals surface area (Å²) in [6.07, 6.45) is -0.0872. The van der Waals surface area contributed by atoms with Crippen LogP contribution in [0.5, 0.6) is 0 Å². The van der Waals surface area contributed by atoms with E-state index in [4.69, 9.17) is 4.43 Å². The smallest absolute Gasteiger partial charge is 0.192 e. The lowest BCUT2D eigenvalue weighted by atomic mass is 9.57. The van der Waals surface area contributed by atoms with Crippen molar-refractivity contribution in [2.45, 2.75) is 79.6 Å². The minimum absolute atomic E-state index is 0.00321. The number of rotatable bonds is 3. The van der Waals surface area contributed by atoms with Crippen molar-refractivity contribution < 1.29 is 14.0 Å². The molecule has 0 aromatic rings. The topological polar surface area (TPSA) is 43.4 Å². The summed E-state index contributed by atoms with van der Waals surface area (Å²) in [5.41, 5.74) is -0.869. The van der Waals surface area contributed by atoms with Crippen LogP contribution < -0.4 is 0 Å². The van der Waals surface area contributed by atoms with E-state index in [1.807, 2.05) is 20.8 Å². The summed E-state index contributed by atoms with van der Waals surface area (Å²) in [5, 5.41) is 0.111. The molecule has 0 aromatic heterocycles. The van der Waals surface area contributed by atoms with Crippen molar-refractivity contribution in [2.75, 3.05) is 0 Å². The molecule has 4 heteroatoms. The fourth-order valence-corrected chi connectivity index (χ4v) is 4.79. The molecule has 0 spiro atoms. The molecule has 0 unspecified atom stereocenters. The van der Waals surface area contributed by atoms with Gasteiger partial charge in [-0.2, -0.15) is 0 Å². The Morgan fingerprint density at radius 1 is 1.18 bits per heavy atom. The molecule has 0 bridgehead atoms. The SMILES string of the molecule is CC(=O)[C@@]1(C)C(=O)[C@@H](C)[C@H](O[Si](C)(C)C(C)(C)C)[C@@H](C)[C@H]1C. The molecule has 128 valence electrons. The normalized spacial score (nSPS) is 37.3. The molecule has 0 saturated heterocycles. The first-order chi connectivity index (χ1) is 9.68. The van der Waals surface area contributed by atoms with Crippen LogP contribution in [-0.4, -0.2) is 26.0 Å². The summed E-state index contributed by atoms with van der Waals surface area (Å²) < 4.78 is 6.59. The molecular formula is C18H34O3Si. The zero-order valence-electron chi connectivity index (χ0n) is 16.0. The van der Waals surface area contributed by atoms with Crippen LogP contribution >= 0.6 is 0 Å². The van der Waals surface area contributed by atoms with Crippen molar-refractivity contribution in [3.05, 3.63) is 0 Å². The van der Waals surface area contributed by atoms with Crippen LogP contribution in [0, 0.1) is 23.2 Å². The minimum Gasteiger partial charge on any atom is -0.413 e. The first-order valence-electron chi connectivity index (χ1n) is 8.41. The van der Waals surface area contributed by atoms with Crippen molar-refractivity contribution >= 4 is 19.9 Å². The lowest BCUT2D eigenvalue weighted by molar-refractivity contribution is -0.157. The van der Waals surface area contributed by atoms with Gasteiger partial charge < -0.3 is 4.43 Å². The third-order valence-electron chi connectivity index (χ3n) is 6.60. The van der Waals surface area contributed by atoms with Gasteiger partial charge in [0.1, 0.15) is 5.78 Å². The highest BCUT2D eigenvalue weighted by molar-refractivity contribution is 6.74. The maximum absolute atomic E-state index is 12.9. The quantitative estimate of drug-likeness (QED) is 0.568. The Morgan fingerprint density at radius 3 is 2.00 bits per heavy atom. The van der Waals surface area contributed by atoms with Gasteiger partial charge in [-0.05, 0) is 43.8 Å². The van der Waals surface area contributed by atoms with Crippen molar-refractivity contribution in [3.63, 3.8) is 0 Å². The Labute approximate surface area is 137 Å². The second kappa shape index (κ2) is 5.86. The van der Waals surface area contributed by atoms with Crippen LogP contribution in [-0.2, 0) is 14.0 Å². The molecule has 22 heavy (non-hydrogen) atoms. The Bertz CT molecular complexity index is 463. The molecule has 1 aliphatic rings. The van der Waals surface area contributed by atoms with Crippen LogP contribution in [0.25, 0.3) is 0 Å². The second-order valence-electron chi connectivity index (χ2n) is 8.90. The summed E-state index contributed by atoms with van der Waals surface area (Å²) in [6.45, 7) is 20.5. The summed E-state index contributed by atoms with van der Waals surface area (Å²) in [7, 11) is -1.95. The monoisotopic (exact) mass is 326 g/mol. The van der Waals surface area contributed by atoms with E-state index in [9.17, 15) is 9.59 Å². The van der Waals surface area contributed by atoms with Crippen LogP contribution in [0.1, 0.15) is 55.4 Å². The van der Waals surface area contributed by atoms with E-state index in [1.54, 1.807) is 6.92 Å². The predicted molar refractivity (Wildman–Crippen MR) is 93.4 cm³/mol. The largest absolute Gasteiger partial charge is 0.413 e. The molecule has 0 heterocycles. The van der Waals surface area contributed by atoms with Crippen molar-refractivity contribution in [1.82, 2.24) is 0 Å². The molecule has 0 aromatic carbocycles. The van der Waals surface area contributed by atoms with Gasteiger partial charge >= 0.3 is 0 Å². The van der Waals surface area contributed by atoms with Crippen LogP contribution in [0.2, 0.25) is 18.1 Å². The lowest BCUT2D eigenvalue weighted by Crippen LogP contribution is -2.59. The highest BCUT2D eigenvalue weighted by Gasteiger charge is 2.56. The third kappa shape index (κ3) is 2.96. The molecule has 1 rings (SSSR count). The first-order valence-corrected chi connectivity index (χ1v) is 11.3. The van der Waals surface area contributed by atoms with Crippen LogP contribution in [0.3, 0.4) is 0 Å². The van der Waals surface area contributed by atoms with Gasteiger partial charge in [-0.1, -0.05) is 41.5 Å². The molecule has 5 atom stereocenters. The summed E-state index contributed by atoms with van der Waals surface area (Å²) in [4.78, 5) is 25.0. The van der Waals surface area contributed by atoms with E-state index >= 15 is 0 Å². The molecule has 1 aliphatic carbocycles. The number of hydrogen-bond acceptors (Lipinski definition) is 3. The zero-order valence-corrected chi connectivity index (χ0v) is 17.0. The average Bonchev–Trinajstić information content (AvgIpc) is 2.37. The maximum Gasteiger partial charge on any atom is 0.192 e. The molecule has 0 aliphatic heterocycles. The Morgan fingerprint density at radius 2 is 1.64 bits per heavy atom. The predicted octanol–water partition coefficient (Wildman–Crippen LogP) is 4.46. The highest BCUT2D eigenvalue weighted by Crippen LogP contribution is 2.48. The number of hydrogen-bond donors (Lipinski definition) is 0. The maximum atomic E-state index is 12.9. The summed E-state index contributed by atoms with van der Waals surface area (Å²) in [6, 6.07) is 0. The second-order valence-corrected chi connectivity index (χ2v) is 13.7. The summed E-state index contributed by atoms with van der Waals surface area (Å²) in [5.74, 6) is -0.00259. The molecule has 1 saturated carbocycles. The molecule has 1 fully saturated rings. The molecule has 0 N–H and O–H groups in total. The number of carbonyl (C=O) groups is 2. The highest BCUT2D eigenvalue weighted by atomic mass is 28.4. The van der Waals surface area contributed by atoms with E-state index in [-0.39, 0.29) is 40.5 Å². The van der Waals surface area contributed by atoms with Gasteiger partial charge in [0.25, 0.3) is 0 Å². The van der Waals surface area contributed by atoms with E-state index in [0.29, 0.717) is 0 Å². The Kier molecular flexibility index (Phi) is 5.21. The van der Waals surface area contributed by atoms with E-state index in [0.717, 1.165) is 0 Å². The van der Waals surface area contributed by atoms with Crippen molar-refractivity contribution in [1.29, 1.82) is 0 Å². The molecule has 0 radical (unpaired) electrons.